The highest BCUT2D eigenvalue weighted by atomic mass is 35.5. The quantitative estimate of drug-likeness (QED) is 0.628. The second-order valence-electron chi connectivity index (χ2n) is 3.60. The first-order chi connectivity index (χ1) is 6.31. The molecular weight excluding hydrogens is 182 g/mol. The highest BCUT2D eigenvalue weighted by Crippen LogP contribution is 2.24. The lowest BCUT2D eigenvalue weighted by molar-refractivity contribution is 0.666. The lowest BCUT2D eigenvalue weighted by Crippen LogP contribution is -2.06. The topological polar surface area (TPSA) is 12.9 Å². The Morgan fingerprint density at radius 2 is 2.15 bits per heavy atom. The molecule has 0 radical (unpaired) electrons. The van der Waals surface area contributed by atoms with Crippen molar-refractivity contribution in [3.63, 3.8) is 0 Å². The molecule has 1 aliphatic carbocycles. The number of aryl methyl sites for hydroxylation is 3. The van der Waals surface area contributed by atoms with E-state index >= 15 is 0 Å². The summed E-state index contributed by atoms with van der Waals surface area (Å²) in [5.74, 6) is 0. The van der Waals surface area contributed by atoms with Gasteiger partial charge in [-0.2, -0.15) is 0 Å². The smallest absolute Gasteiger partial charge is 0.132 e. The number of aromatic nitrogens is 1. The molecule has 0 aliphatic heterocycles. The van der Waals surface area contributed by atoms with Gasteiger partial charge < -0.3 is 0 Å². The standard InChI is InChI=1S/C11H14ClN/c1-2-8-7-9-5-3-4-6-10(9)13-11(8)12/h7H,2-6H2,1H3. The van der Waals surface area contributed by atoms with E-state index in [0.29, 0.717) is 5.15 Å². The summed E-state index contributed by atoms with van der Waals surface area (Å²) in [7, 11) is 0. The average Bonchev–Trinajstić information content (AvgIpc) is 2.17. The first kappa shape index (κ1) is 9.01. The van der Waals surface area contributed by atoms with Crippen molar-refractivity contribution in [1.82, 2.24) is 4.98 Å². The molecule has 2 heteroatoms. The van der Waals surface area contributed by atoms with Crippen LogP contribution in [-0.4, -0.2) is 4.98 Å². The van der Waals surface area contributed by atoms with Crippen LogP contribution in [0.15, 0.2) is 6.07 Å². The molecule has 2 rings (SSSR count). The number of hydrogen-bond acceptors (Lipinski definition) is 1. The summed E-state index contributed by atoms with van der Waals surface area (Å²) >= 11 is 6.05. The highest BCUT2D eigenvalue weighted by molar-refractivity contribution is 6.30. The molecule has 0 aromatic carbocycles. The van der Waals surface area contributed by atoms with Crippen LogP contribution in [0.4, 0.5) is 0 Å². The van der Waals surface area contributed by atoms with Gasteiger partial charge in [-0.3, -0.25) is 0 Å². The van der Waals surface area contributed by atoms with Gasteiger partial charge in [-0.1, -0.05) is 24.6 Å². The minimum atomic E-state index is 0.711. The van der Waals surface area contributed by atoms with E-state index in [0.717, 1.165) is 12.8 Å². The van der Waals surface area contributed by atoms with Crippen molar-refractivity contribution in [3.05, 3.63) is 28.0 Å². The molecule has 13 heavy (non-hydrogen) atoms. The van der Waals surface area contributed by atoms with Gasteiger partial charge in [0.25, 0.3) is 0 Å². The molecule has 1 heterocycles. The van der Waals surface area contributed by atoms with E-state index < -0.39 is 0 Å². The van der Waals surface area contributed by atoms with E-state index in [1.807, 2.05) is 0 Å². The van der Waals surface area contributed by atoms with Crippen LogP contribution in [0.25, 0.3) is 0 Å². The van der Waals surface area contributed by atoms with Gasteiger partial charge in [0.1, 0.15) is 5.15 Å². The molecule has 0 spiro atoms. The van der Waals surface area contributed by atoms with Gasteiger partial charge in [0.2, 0.25) is 0 Å². The first-order valence-corrected chi connectivity index (χ1v) is 5.36. The van der Waals surface area contributed by atoms with Crippen molar-refractivity contribution in [3.8, 4) is 0 Å². The third-order valence-electron chi connectivity index (χ3n) is 2.71. The molecule has 1 aromatic rings. The molecule has 1 aliphatic rings. The fraction of sp³-hybridized carbons (Fsp3) is 0.545. The van der Waals surface area contributed by atoms with Gasteiger partial charge in [-0.25, -0.2) is 4.98 Å². The molecular formula is C11H14ClN. The van der Waals surface area contributed by atoms with Crippen LogP contribution in [0.3, 0.4) is 0 Å². The molecule has 1 aromatic heterocycles. The Morgan fingerprint density at radius 1 is 1.38 bits per heavy atom. The Hall–Kier alpha value is -0.560. The fourth-order valence-electron chi connectivity index (χ4n) is 1.90. The van der Waals surface area contributed by atoms with E-state index in [-0.39, 0.29) is 0 Å². The largest absolute Gasteiger partial charge is 0.241 e. The van der Waals surface area contributed by atoms with Crippen molar-refractivity contribution in [2.24, 2.45) is 0 Å². The van der Waals surface area contributed by atoms with Crippen LogP contribution in [0.5, 0.6) is 0 Å². The molecule has 70 valence electrons. The first-order valence-electron chi connectivity index (χ1n) is 4.98. The van der Waals surface area contributed by atoms with Crippen molar-refractivity contribution < 1.29 is 0 Å². The predicted molar refractivity (Wildman–Crippen MR) is 55.3 cm³/mol. The minimum absolute atomic E-state index is 0.711. The van der Waals surface area contributed by atoms with Crippen LogP contribution in [-0.2, 0) is 19.3 Å². The van der Waals surface area contributed by atoms with Gasteiger partial charge in [0.05, 0.1) is 0 Å². The van der Waals surface area contributed by atoms with Gasteiger partial charge >= 0.3 is 0 Å². The third kappa shape index (κ3) is 1.71. The van der Waals surface area contributed by atoms with E-state index in [9.17, 15) is 0 Å². The van der Waals surface area contributed by atoms with Gasteiger partial charge in [-0.05, 0) is 43.2 Å². The number of halogens is 1. The average molecular weight is 196 g/mol. The summed E-state index contributed by atoms with van der Waals surface area (Å²) < 4.78 is 0. The Kier molecular flexibility index (Phi) is 2.54. The number of fused-ring (bicyclic) bond motifs is 1. The summed E-state index contributed by atoms with van der Waals surface area (Å²) in [5, 5.41) is 0.711. The van der Waals surface area contributed by atoms with Crippen LogP contribution in [0.2, 0.25) is 5.15 Å². The maximum atomic E-state index is 6.05. The lowest BCUT2D eigenvalue weighted by atomic mass is 9.95. The van der Waals surface area contributed by atoms with E-state index in [2.05, 4.69) is 18.0 Å². The number of nitrogens with zero attached hydrogens (tertiary/aromatic N) is 1. The zero-order chi connectivity index (χ0) is 9.26. The monoisotopic (exact) mass is 195 g/mol. The second-order valence-corrected chi connectivity index (χ2v) is 3.96. The van der Waals surface area contributed by atoms with E-state index in [1.165, 1.54) is 36.1 Å². The van der Waals surface area contributed by atoms with Gasteiger partial charge in [0, 0.05) is 5.69 Å². The SMILES string of the molecule is CCc1cc2c(nc1Cl)CCCC2. The van der Waals surface area contributed by atoms with E-state index in [1.54, 1.807) is 0 Å². The predicted octanol–water partition coefficient (Wildman–Crippen LogP) is 3.18. The second kappa shape index (κ2) is 3.67. The summed E-state index contributed by atoms with van der Waals surface area (Å²) in [5.41, 5.74) is 3.85. The summed E-state index contributed by atoms with van der Waals surface area (Å²) in [6.07, 6.45) is 5.85. The Bertz CT molecular complexity index is 320. The highest BCUT2D eigenvalue weighted by Gasteiger charge is 2.12. The zero-order valence-electron chi connectivity index (χ0n) is 7.94. The maximum Gasteiger partial charge on any atom is 0.132 e. The Morgan fingerprint density at radius 3 is 2.92 bits per heavy atom. The molecule has 0 N–H and O–H groups in total. The fourth-order valence-corrected chi connectivity index (χ4v) is 2.19. The molecule has 0 saturated carbocycles. The van der Waals surface area contributed by atoms with Crippen molar-refractivity contribution >= 4 is 11.6 Å². The molecule has 0 atom stereocenters. The van der Waals surface area contributed by atoms with Gasteiger partial charge in [0.15, 0.2) is 0 Å². The van der Waals surface area contributed by atoms with Crippen molar-refractivity contribution in [2.45, 2.75) is 39.0 Å². The van der Waals surface area contributed by atoms with Crippen LogP contribution >= 0.6 is 11.6 Å². The lowest BCUT2D eigenvalue weighted by Gasteiger charge is -2.16. The summed E-state index contributed by atoms with van der Waals surface area (Å²) in [6.45, 7) is 2.12. The molecule has 0 fully saturated rings. The molecule has 1 nitrogen and oxygen atoms in total. The van der Waals surface area contributed by atoms with Crippen LogP contribution in [0, 0.1) is 0 Å². The number of pyridine rings is 1. The van der Waals surface area contributed by atoms with Crippen molar-refractivity contribution in [1.29, 1.82) is 0 Å². The zero-order valence-corrected chi connectivity index (χ0v) is 8.69. The molecule has 0 amide bonds. The van der Waals surface area contributed by atoms with E-state index in [4.69, 9.17) is 11.6 Å². The molecule has 0 unspecified atom stereocenters. The van der Waals surface area contributed by atoms with Gasteiger partial charge in [-0.15, -0.1) is 0 Å². The molecule has 0 bridgehead atoms. The number of hydrogen-bond donors (Lipinski definition) is 0. The molecule has 0 saturated heterocycles. The van der Waals surface area contributed by atoms with Crippen molar-refractivity contribution in [2.75, 3.05) is 0 Å². The van der Waals surface area contributed by atoms with Crippen LogP contribution < -0.4 is 0 Å². The summed E-state index contributed by atoms with van der Waals surface area (Å²) in [6, 6.07) is 2.24. The number of rotatable bonds is 1. The Labute approximate surface area is 84.1 Å². The third-order valence-corrected chi connectivity index (χ3v) is 3.04. The summed E-state index contributed by atoms with van der Waals surface area (Å²) in [4.78, 5) is 4.45. The van der Waals surface area contributed by atoms with Crippen LogP contribution in [0.1, 0.15) is 36.6 Å². The normalized spacial score (nSPS) is 15.5. The maximum absolute atomic E-state index is 6.05. The minimum Gasteiger partial charge on any atom is -0.241 e. The Balaban J connectivity index is 2.44.